The van der Waals surface area contributed by atoms with Crippen molar-refractivity contribution >= 4 is 41.5 Å². The Hall–Kier alpha value is -4.86. The molecule has 42 heavy (non-hydrogen) atoms. The normalized spacial score (nSPS) is 16.5. The van der Waals surface area contributed by atoms with Gasteiger partial charge in [0.1, 0.15) is 17.5 Å². The predicted octanol–water partition coefficient (Wildman–Crippen LogP) is 1.06. The van der Waals surface area contributed by atoms with Crippen LogP contribution in [0.1, 0.15) is 10.5 Å². The molecule has 3 amide bonds. The molecular formula is C26H30F2N8O6. The number of hydrogen-bond acceptors (Lipinski definition) is 10. The molecule has 1 atom stereocenters. The molecule has 2 aromatic heterocycles. The fourth-order valence-electron chi connectivity index (χ4n) is 4.47. The predicted molar refractivity (Wildman–Crippen MR) is 145 cm³/mol. The van der Waals surface area contributed by atoms with Gasteiger partial charge in [-0.2, -0.15) is 0 Å². The topological polar surface area (TPSA) is 151 Å². The lowest BCUT2D eigenvalue weighted by atomic mass is 10.2. The molecule has 2 N–H and O–H groups in total. The van der Waals surface area contributed by atoms with Crippen molar-refractivity contribution in [3.8, 4) is 0 Å². The molecule has 2 aliphatic heterocycles. The SMILES string of the molecule is CNCC(=O)N1CCN(c2c(F)cc(N3CC(CNC(=O)OC)OC3=O)cc2F)CC1.O=Cc1cn2cccnc2n1. The van der Waals surface area contributed by atoms with E-state index in [1.54, 1.807) is 45.9 Å². The average molecular weight is 589 g/mol. The number of benzene rings is 1. The summed E-state index contributed by atoms with van der Waals surface area (Å²) in [5.41, 5.74) is 0.233. The minimum absolute atomic E-state index is 0.00844. The van der Waals surface area contributed by atoms with Crippen molar-refractivity contribution in [3.63, 3.8) is 0 Å². The van der Waals surface area contributed by atoms with E-state index in [0.29, 0.717) is 30.8 Å². The van der Waals surface area contributed by atoms with Crippen LogP contribution in [0.5, 0.6) is 0 Å². The van der Waals surface area contributed by atoms with Crippen LogP contribution in [-0.2, 0) is 14.3 Å². The Labute approximate surface area is 239 Å². The molecule has 224 valence electrons. The second-order valence-corrected chi connectivity index (χ2v) is 9.26. The lowest BCUT2D eigenvalue weighted by Crippen LogP contribution is -2.51. The highest BCUT2D eigenvalue weighted by Gasteiger charge is 2.34. The molecule has 0 radical (unpaired) electrons. The number of hydrogen-bond donors (Lipinski definition) is 2. The standard InChI is InChI=1S/C19H25F2N5O5.C7H5N3O/c1-22-10-16(27)24-3-5-25(6-4-24)17-14(20)7-12(8-15(17)21)26-11-13(31-19(26)29)9-23-18(28)30-2;11-5-6-4-10-3-1-2-8-7(10)9-6/h7-8,13,22H,3-6,9-11H2,1-2H3,(H,23,28);1-5H. The molecule has 0 aliphatic carbocycles. The first-order valence-electron chi connectivity index (χ1n) is 12.9. The van der Waals surface area contributed by atoms with Crippen molar-refractivity contribution < 1.29 is 37.4 Å². The largest absolute Gasteiger partial charge is 0.453 e. The first kappa shape index (κ1) is 30.1. The summed E-state index contributed by atoms with van der Waals surface area (Å²) in [7, 11) is 2.88. The number of rotatable bonds is 7. The molecule has 4 heterocycles. The van der Waals surface area contributed by atoms with Gasteiger partial charge in [-0.3, -0.25) is 18.9 Å². The highest BCUT2D eigenvalue weighted by Crippen LogP contribution is 2.31. The number of halogens is 2. The average Bonchev–Trinajstić information content (AvgIpc) is 3.59. The van der Waals surface area contributed by atoms with Gasteiger partial charge in [0.15, 0.2) is 17.9 Å². The third-order valence-corrected chi connectivity index (χ3v) is 6.50. The molecule has 2 saturated heterocycles. The molecule has 14 nitrogen and oxygen atoms in total. The summed E-state index contributed by atoms with van der Waals surface area (Å²) in [5, 5.41) is 5.20. The number of methoxy groups -OCH3 is 1. The second kappa shape index (κ2) is 13.7. The zero-order valence-electron chi connectivity index (χ0n) is 23.0. The van der Waals surface area contributed by atoms with E-state index in [1.807, 2.05) is 0 Å². The number of nitrogens with zero attached hydrogens (tertiary/aromatic N) is 6. The van der Waals surface area contributed by atoms with E-state index in [9.17, 15) is 28.0 Å². The molecule has 0 bridgehead atoms. The number of piperazine rings is 1. The van der Waals surface area contributed by atoms with Crippen molar-refractivity contribution in [2.45, 2.75) is 6.10 Å². The van der Waals surface area contributed by atoms with Crippen molar-refractivity contribution in [3.05, 3.63) is 54.1 Å². The van der Waals surface area contributed by atoms with Crippen molar-refractivity contribution in [1.29, 1.82) is 0 Å². The van der Waals surface area contributed by atoms with Crippen LogP contribution in [0.15, 0.2) is 36.8 Å². The quantitative estimate of drug-likeness (QED) is 0.384. The number of carbonyl (C=O) groups is 4. The van der Waals surface area contributed by atoms with E-state index < -0.39 is 29.9 Å². The Bertz CT molecular complexity index is 1390. The van der Waals surface area contributed by atoms with E-state index in [4.69, 9.17) is 4.74 Å². The minimum atomic E-state index is -0.811. The number of aromatic nitrogens is 3. The molecular weight excluding hydrogens is 558 g/mol. The number of anilines is 2. The Morgan fingerprint density at radius 3 is 2.52 bits per heavy atom. The van der Waals surface area contributed by atoms with E-state index >= 15 is 0 Å². The van der Waals surface area contributed by atoms with Gasteiger partial charge < -0.3 is 29.9 Å². The molecule has 2 fully saturated rings. The van der Waals surface area contributed by atoms with E-state index in [0.717, 1.165) is 17.0 Å². The second-order valence-electron chi connectivity index (χ2n) is 9.26. The van der Waals surface area contributed by atoms with Gasteiger partial charge >= 0.3 is 12.2 Å². The van der Waals surface area contributed by atoms with Crippen molar-refractivity contribution in [1.82, 2.24) is 29.9 Å². The van der Waals surface area contributed by atoms with Crippen molar-refractivity contribution in [2.24, 2.45) is 0 Å². The maximum absolute atomic E-state index is 14.8. The lowest BCUT2D eigenvalue weighted by Gasteiger charge is -2.36. The summed E-state index contributed by atoms with van der Waals surface area (Å²) in [4.78, 5) is 57.6. The Kier molecular flexibility index (Phi) is 9.80. The van der Waals surface area contributed by atoms with Crippen LogP contribution in [0.2, 0.25) is 0 Å². The molecule has 1 aromatic carbocycles. The number of imidazole rings is 1. The maximum atomic E-state index is 14.8. The number of cyclic esters (lactones) is 1. The Balaban J connectivity index is 0.000000305. The van der Waals surface area contributed by atoms with Gasteiger partial charge in [0, 0.05) is 56.9 Å². The van der Waals surface area contributed by atoms with Crippen LogP contribution in [0, 0.1) is 11.6 Å². The van der Waals surface area contributed by atoms with Gasteiger partial charge in [0.25, 0.3) is 0 Å². The number of aldehydes is 1. The first-order chi connectivity index (χ1) is 20.2. The van der Waals surface area contributed by atoms with Gasteiger partial charge in [-0.15, -0.1) is 0 Å². The third-order valence-electron chi connectivity index (χ3n) is 6.50. The Morgan fingerprint density at radius 2 is 1.90 bits per heavy atom. The minimum Gasteiger partial charge on any atom is -0.453 e. The number of amides is 3. The first-order valence-corrected chi connectivity index (χ1v) is 12.9. The van der Waals surface area contributed by atoms with Crippen molar-refractivity contribution in [2.75, 3.05) is 69.8 Å². The highest BCUT2D eigenvalue weighted by atomic mass is 19.1. The van der Waals surface area contributed by atoms with Crippen LogP contribution >= 0.6 is 0 Å². The number of fused-ring (bicyclic) bond motifs is 1. The van der Waals surface area contributed by atoms with Gasteiger partial charge in [-0.25, -0.2) is 28.3 Å². The molecule has 0 spiro atoms. The number of ether oxygens (including phenoxy) is 2. The summed E-state index contributed by atoms with van der Waals surface area (Å²) in [5.74, 6) is -1.14. The molecule has 0 saturated carbocycles. The van der Waals surface area contributed by atoms with E-state index in [-0.39, 0.29) is 50.0 Å². The van der Waals surface area contributed by atoms with Gasteiger partial charge in [0.05, 0.1) is 32.4 Å². The van der Waals surface area contributed by atoms with Crippen LogP contribution in [0.4, 0.5) is 29.7 Å². The molecule has 16 heteroatoms. The highest BCUT2D eigenvalue weighted by molar-refractivity contribution is 5.90. The summed E-state index contributed by atoms with van der Waals surface area (Å²) in [6, 6.07) is 3.94. The smallest absolute Gasteiger partial charge is 0.414 e. The van der Waals surface area contributed by atoms with E-state index in [1.165, 1.54) is 7.11 Å². The molecule has 2 aliphatic rings. The fraction of sp³-hybridized carbons (Fsp3) is 0.385. The van der Waals surface area contributed by atoms with Crippen LogP contribution < -0.4 is 20.4 Å². The van der Waals surface area contributed by atoms with Crippen LogP contribution in [0.3, 0.4) is 0 Å². The lowest BCUT2D eigenvalue weighted by molar-refractivity contribution is -0.130. The number of alkyl carbamates (subject to hydrolysis) is 1. The van der Waals surface area contributed by atoms with Crippen LogP contribution in [0.25, 0.3) is 5.78 Å². The summed E-state index contributed by atoms with van der Waals surface area (Å²) in [6.45, 7) is 1.52. The molecule has 3 aromatic rings. The summed E-state index contributed by atoms with van der Waals surface area (Å²) < 4.78 is 40.9. The third kappa shape index (κ3) is 7.06. The summed E-state index contributed by atoms with van der Waals surface area (Å²) >= 11 is 0. The van der Waals surface area contributed by atoms with Gasteiger partial charge in [-0.05, 0) is 13.1 Å². The zero-order chi connectivity index (χ0) is 30.2. The number of carbonyl (C=O) groups excluding carboxylic acids is 4. The summed E-state index contributed by atoms with van der Waals surface area (Å²) in [6.07, 6.45) is 3.65. The molecule has 1 unspecified atom stereocenters. The van der Waals surface area contributed by atoms with Crippen LogP contribution in [-0.4, -0.2) is 110 Å². The van der Waals surface area contributed by atoms with E-state index in [2.05, 4.69) is 25.3 Å². The zero-order valence-corrected chi connectivity index (χ0v) is 23.0. The van der Waals surface area contributed by atoms with Gasteiger partial charge in [-0.1, -0.05) is 0 Å². The maximum Gasteiger partial charge on any atom is 0.414 e. The fourth-order valence-corrected chi connectivity index (χ4v) is 4.47. The number of likely N-dealkylation sites (N-methyl/N-ethyl adjacent to an activating group) is 1. The number of nitrogens with one attached hydrogen (secondary N) is 2. The monoisotopic (exact) mass is 588 g/mol. The Morgan fingerprint density at radius 1 is 1.19 bits per heavy atom. The molecule has 5 rings (SSSR count). The van der Waals surface area contributed by atoms with Gasteiger partial charge in [0.2, 0.25) is 11.7 Å².